The van der Waals surface area contributed by atoms with Crippen molar-refractivity contribution in [3.8, 4) is 0 Å². The summed E-state index contributed by atoms with van der Waals surface area (Å²) in [6, 6.07) is 0.643. The number of aryl methyl sites for hydroxylation is 1. The third-order valence-electron chi connectivity index (χ3n) is 2.70. The fraction of sp³-hybridized carbons (Fsp3) is 0.750. The number of hydrogen-bond donors (Lipinski definition) is 1. The third-order valence-corrected chi connectivity index (χ3v) is 3.52. The number of nitrogens with one attached hydrogen (secondary N) is 1. The molecule has 0 amide bonds. The van der Waals surface area contributed by atoms with Crippen LogP contribution in [-0.4, -0.2) is 17.6 Å². The second-order valence-corrected chi connectivity index (χ2v) is 5.38. The molecular formula is C12H22N2S. The molecule has 1 aromatic heterocycles. The number of aromatic nitrogens is 1. The van der Waals surface area contributed by atoms with Crippen LogP contribution < -0.4 is 5.32 Å². The molecular weight excluding hydrogens is 204 g/mol. The zero-order valence-corrected chi connectivity index (χ0v) is 11.0. The maximum atomic E-state index is 4.46. The lowest BCUT2D eigenvalue weighted by Crippen LogP contribution is -2.34. The lowest BCUT2D eigenvalue weighted by atomic mass is 10.0. The SMILES string of the molecule is CCC(NCCc1csc(C)n1)C(C)C. The summed E-state index contributed by atoms with van der Waals surface area (Å²) in [5, 5.41) is 6.92. The van der Waals surface area contributed by atoms with Gasteiger partial charge in [-0.3, -0.25) is 0 Å². The molecule has 0 spiro atoms. The zero-order chi connectivity index (χ0) is 11.3. The summed E-state index contributed by atoms with van der Waals surface area (Å²) in [6.07, 6.45) is 2.25. The van der Waals surface area contributed by atoms with E-state index in [0.29, 0.717) is 12.0 Å². The molecule has 15 heavy (non-hydrogen) atoms. The highest BCUT2D eigenvalue weighted by Gasteiger charge is 2.09. The zero-order valence-electron chi connectivity index (χ0n) is 10.2. The largest absolute Gasteiger partial charge is 0.313 e. The molecule has 1 atom stereocenters. The first kappa shape index (κ1) is 12.7. The van der Waals surface area contributed by atoms with Crippen LogP contribution in [0.2, 0.25) is 0 Å². The lowest BCUT2D eigenvalue weighted by molar-refractivity contribution is 0.391. The van der Waals surface area contributed by atoms with Gasteiger partial charge in [0.05, 0.1) is 10.7 Å². The van der Waals surface area contributed by atoms with Crippen molar-refractivity contribution < 1.29 is 0 Å². The summed E-state index contributed by atoms with van der Waals surface area (Å²) in [4.78, 5) is 4.46. The van der Waals surface area contributed by atoms with Gasteiger partial charge in [-0.25, -0.2) is 4.98 Å². The van der Waals surface area contributed by atoms with Crippen LogP contribution in [0.25, 0.3) is 0 Å². The molecule has 0 aliphatic rings. The monoisotopic (exact) mass is 226 g/mol. The Labute approximate surface area is 97.1 Å². The predicted octanol–water partition coefficient (Wildman–Crippen LogP) is 3.02. The smallest absolute Gasteiger partial charge is 0.0897 e. The molecule has 1 rings (SSSR count). The molecule has 1 unspecified atom stereocenters. The van der Waals surface area contributed by atoms with E-state index in [1.54, 1.807) is 11.3 Å². The van der Waals surface area contributed by atoms with Crippen molar-refractivity contribution in [2.45, 2.75) is 46.6 Å². The molecule has 1 N–H and O–H groups in total. The second-order valence-electron chi connectivity index (χ2n) is 4.32. The molecule has 0 bridgehead atoms. The Hall–Kier alpha value is -0.410. The maximum Gasteiger partial charge on any atom is 0.0897 e. The summed E-state index contributed by atoms with van der Waals surface area (Å²) < 4.78 is 0. The fourth-order valence-electron chi connectivity index (χ4n) is 1.76. The molecule has 86 valence electrons. The molecule has 2 nitrogen and oxygen atoms in total. The summed E-state index contributed by atoms with van der Waals surface area (Å²) in [6.45, 7) is 9.89. The Morgan fingerprint density at radius 2 is 2.20 bits per heavy atom. The van der Waals surface area contributed by atoms with Gasteiger partial charge in [0.2, 0.25) is 0 Å². The van der Waals surface area contributed by atoms with E-state index in [1.165, 1.54) is 17.1 Å². The average Bonchev–Trinajstić information content (AvgIpc) is 2.58. The Bertz CT molecular complexity index is 281. The van der Waals surface area contributed by atoms with Crippen molar-refractivity contribution in [1.82, 2.24) is 10.3 Å². The quantitative estimate of drug-likeness (QED) is 0.806. The molecule has 3 heteroatoms. The van der Waals surface area contributed by atoms with E-state index >= 15 is 0 Å². The lowest BCUT2D eigenvalue weighted by Gasteiger charge is -2.20. The summed E-state index contributed by atoms with van der Waals surface area (Å²) in [5.41, 5.74) is 1.23. The molecule has 0 aliphatic heterocycles. The Morgan fingerprint density at radius 1 is 1.47 bits per heavy atom. The van der Waals surface area contributed by atoms with Gasteiger partial charge in [0, 0.05) is 24.4 Å². The van der Waals surface area contributed by atoms with Crippen LogP contribution in [0.3, 0.4) is 0 Å². The van der Waals surface area contributed by atoms with Gasteiger partial charge in [-0.05, 0) is 19.3 Å². The minimum absolute atomic E-state index is 0.643. The number of thiazole rings is 1. The Morgan fingerprint density at radius 3 is 2.67 bits per heavy atom. The van der Waals surface area contributed by atoms with Crippen molar-refractivity contribution in [2.24, 2.45) is 5.92 Å². The first-order valence-corrected chi connectivity index (χ1v) is 6.65. The van der Waals surface area contributed by atoms with Crippen LogP contribution in [0.1, 0.15) is 37.9 Å². The highest BCUT2D eigenvalue weighted by atomic mass is 32.1. The summed E-state index contributed by atoms with van der Waals surface area (Å²) in [7, 11) is 0. The topological polar surface area (TPSA) is 24.9 Å². The van der Waals surface area contributed by atoms with Gasteiger partial charge in [-0.15, -0.1) is 11.3 Å². The minimum atomic E-state index is 0.643. The van der Waals surface area contributed by atoms with Gasteiger partial charge in [0.15, 0.2) is 0 Å². The van der Waals surface area contributed by atoms with E-state index in [4.69, 9.17) is 0 Å². The van der Waals surface area contributed by atoms with Crippen molar-refractivity contribution >= 4 is 11.3 Å². The molecule has 1 aromatic rings. The number of nitrogens with zero attached hydrogens (tertiary/aromatic N) is 1. The molecule has 0 saturated heterocycles. The van der Waals surface area contributed by atoms with Gasteiger partial charge in [-0.1, -0.05) is 20.8 Å². The van der Waals surface area contributed by atoms with E-state index in [9.17, 15) is 0 Å². The first-order chi connectivity index (χ1) is 7.13. The molecule has 0 aliphatic carbocycles. The van der Waals surface area contributed by atoms with E-state index in [1.807, 2.05) is 0 Å². The van der Waals surface area contributed by atoms with Gasteiger partial charge >= 0.3 is 0 Å². The molecule has 0 saturated carbocycles. The third kappa shape index (κ3) is 4.31. The Kier molecular flexibility index (Phi) is 5.26. The van der Waals surface area contributed by atoms with Crippen LogP contribution in [-0.2, 0) is 6.42 Å². The van der Waals surface area contributed by atoms with Gasteiger partial charge in [0.25, 0.3) is 0 Å². The molecule has 0 aromatic carbocycles. The average molecular weight is 226 g/mol. The second kappa shape index (κ2) is 6.23. The van der Waals surface area contributed by atoms with Crippen LogP contribution in [0, 0.1) is 12.8 Å². The van der Waals surface area contributed by atoms with E-state index in [2.05, 4.69) is 43.4 Å². The van der Waals surface area contributed by atoms with Gasteiger partial charge < -0.3 is 5.32 Å². The standard InChI is InChI=1S/C12H22N2S/c1-5-12(9(2)3)13-7-6-11-8-15-10(4)14-11/h8-9,12-13H,5-7H2,1-4H3. The Balaban J connectivity index is 2.26. The van der Waals surface area contributed by atoms with Crippen LogP contribution in [0.4, 0.5) is 0 Å². The van der Waals surface area contributed by atoms with Crippen molar-refractivity contribution in [3.63, 3.8) is 0 Å². The first-order valence-electron chi connectivity index (χ1n) is 5.77. The van der Waals surface area contributed by atoms with Crippen molar-refractivity contribution in [2.75, 3.05) is 6.54 Å². The van der Waals surface area contributed by atoms with Gasteiger partial charge in [-0.2, -0.15) is 0 Å². The van der Waals surface area contributed by atoms with Gasteiger partial charge in [0.1, 0.15) is 0 Å². The fourth-order valence-corrected chi connectivity index (χ4v) is 2.41. The number of rotatable bonds is 6. The highest BCUT2D eigenvalue weighted by Crippen LogP contribution is 2.09. The maximum absolute atomic E-state index is 4.46. The molecule has 0 radical (unpaired) electrons. The van der Waals surface area contributed by atoms with Crippen molar-refractivity contribution in [1.29, 1.82) is 0 Å². The van der Waals surface area contributed by atoms with Crippen LogP contribution >= 0.6 is 11.3 Å². The van der Waals surface area contributed by atoms with E-state index in [0.717, 1.165) is 13.0 Å². The highest BCUT2D eigenvalue weighted by molar-refractivity contribution is 7.09. The molecule has 1 heterocycles. The normalized spacial score (nSPS) is 13.4. The summed E-state index contributed by atoms with van der Waals surface area (Å²) >= 11 is 1.74. The van der Waals surface area contributed by atoms with E-state index in [-0.39, 0.29) is 0 Å². The van der Waals surface area contributed by atoms with Crippen LogP contribution in [0.5, 0.6) is 0 Å². The van der Waals surface area contributed by atoms with Crippen LogP contribution in [0.15, 0.2) is 5.38 Å². The number of hydrogen-bond acceptors (Lipinski definition) is 3. The predicted molar refractivity (Wildman–Crippen MR) is 67.5 cm³/mol. The molecule has 0 fully saturated rings. The van der Waals surface area contributed by atoms with E-state index < -0.39 is 0 Å². The minimum Gasteiger partial charge on any atom is -0.313 e. The van der Waals surface area contributed by atoms with Crippen molar-refractivity contribution in [3.05, 3.63) is 16.1 Å². The summed E-state index contributed by atoms with van der Waals surface area (Å²) in [5.74, 6) is 0.715.